The third kappa shape index (κ3) is 1.21. The summed E-state index contributed by atoms with van der Waals surface area (Å²) in [5.41, 5.74) is 5.96. The molecular weight excluding hydrogens is 174 g/mol. The summed E-state index contributed by atoms with van der Waals surface area (Å²) in [4.78, 5) is 7.47. The molecule has 0 saturated carbocycles. The van der Waals surface area contributed by atoms with Crippen LogP contribution in [0.2, 0.25) is 0 Å². The van der Waals surface area contributed by atoms with Crippen molar-refractivity contribution in [3.8, 4) is 0 Å². The van der Waals surface area contributed by atoms with Crippen molar-refractivity contribution in [2.75, 3.05) is 0 Å². The molecule has 0 radical (unpaired) electrons. The Bertz CT molecular complexity index is 351. The van der Waals surface area contributed by atoms with Crippen LogP contribution in [0.5, 0.6) is 0 Å². The minimum absolute atomic E-state index is 0.00338. The van der Waals surface area contributed by atoms with Gasteiger partial charge in [-0.15, -0.1) is 0 Å². The number of aromatic nitrogens is 2. The SMILES string of the molecule is CCC1(c2ncc[nH]2)C=CC=CC1N. The smallest absolute Gasteiger partial charge is 0.118 e. The van der Waals surface area contributed by atoms with E-state index < -0.39 is 0 Å². The Kier molecular flexibility index (Phi) is 2.25. The molecule has 14 heavy (non-hydrogen) atoms. The zero-order valence-electron chi connectivity index (χ0n) is 8.27. The molecule has 0 aliphatic heterocycles. The molecule has 3 nitrogen and oxygen atoms in total. The van der Waals surface area contributed by atoms with E-state index in [0.29, 0.717) is 0 Å². The molecule has 2 rings (SSSR count). The van der Waals surface area contributed by atoms with Crippen molar-refractivity contribution in [2.45, 2.75) is 24.8 Å². The molecule has 0 amide bonds. The van der Waals surface area contributed by atoms with Gasteiger partial charge >= 0.3 is 0 Å². The number of H-pyrrole nitrogens is 1. The first-order valence-electron chi connectivity index (χ1n) is 4.91. The van der Waals surface area contributed by atoms with Crippen molar-refractivity contribution in [1.29, 1.82) is 0 Å². The Morgan fingerprint density at radius 2 is 2.43 bits per heavy atom. The predicted octanol–water partition coefficient (Wildman–Crippen LogP) is 1.51. The maximum absolute atomic E-state index is 6.12. The zero-order valence-corrected chi connectivity index (χ0v) is 8.27. The van der Waals surface area contributed by atoms with Gasteiger partial charge in [0.1, 0.15) is 5.82 Å². The van der Waals surface area contributed by atoms with Crippen molar-refractivity contribution in [3.63, 3.8) is 0 Å². The third-order valence-electron chi connectivity index (χ3n) is 2.94. The number of rotatable bonds is 2. The highest BCUT2D eigenvalue weighted by Gasteiger charge is 2.36. The predicted molar refractivity (Wildman–Crippen MR) is 56.8 cm³/mol. The van der Waals surface area contributed by atoms with Crippen LogP contribution in [0.3, 0.4) is 0 Å². The molecule has 74 valence electrons. The van der Waals surface area contributed by atoms with Crippen LogP contribution in [-0.2, 0) is 5.41 Å². The number of nitrogens with zero attached hydrogens (tertiary/aromatic N) is 1. The largest absolute Gasteiger partial charge is 0.348 e. The van der Waals surface area contributed by atoms with Crippen LogP contribution in [0.25, 0.3) is 0 Å². The van der Waals surface area contributed by atoms with E-state index in [1.54, 1.807) is 6.20 Å². The first-order chi connectivity index (χ1) is 6.79. The van der Waals surface area contributed by atoms with Gasteiger partial charge in [-0.25, -0.2) is 4.98 Å². The maximum atomic E-state index is 6.12. The first kappa shape index (κ1) is 9.21. The van der Waals surface area contributed by atoms with E-state index in [0.717, 1.165) is 12.2 Å². The summed E-state index contributed by atoms with van der Waals surface area (Å²) < 4.78 is 0. The average Bonchev–Trinajstić information content (AvgIpc) is 2.72. The molecule has 1 aromatic rings. The lowest BCUT2D eigenvalue weighted by molar-refractivity contribution is 0.434. The normalized spacial score (nSPS) is 30.9. The number of hydrogen-bond acceptors (Lipinski definition) is 2. The topological polar surface area (TPSA) is 54.7 Å². The highest BCUT2D eigenvalue weighted by molar-refractivity contribution is 5.32. The Morgan fingerprint density at radius 3 is 3.00 bits per heavy atom. The highest BCUT2D eigenvalue weighted by Crippen LogP contribution is 2.32. The number of hydrogen-bond donors (Lipinski definition) is 2. The van der Waals surface area contributed by atoms with Crippen molar-refractivity contribution in [3.05, 3.63) is 42.5 Å². The molecule has 0 fully saturated rings. The number of aromatic amines is 1. The Morgan fingerprint density at radius 1 is 1.57 bits per heavy atom. The fraction of sp³-hybridized carbons (Fsp3) is 0.364. The minimum atomic E-state index is -0.155. The molecule has 0 bridgehead atoms. The highest BCUT2D eigenvalue weighted by atomic mass is 14.9. The van der Waals surface area contributed by atoms with Crippen molar-refractivity contribution >= 4 is 0 Å². The van der Waals surface area contributed by atoms with E-state index in [2.05, 4.69) is 23.0 Å². The van der Waals surface area contributed by atoms with Crippen LogP contribution in [0.4, 0.5) is 0 Å². The number of imidazole rings is 1. The summed E-state index contributed by atoms with van der Waals surface area (Å²) in [5.74, 6) is 0.952. The van der Waals surface area contributed by atoms with Crippen molar-refractivity contribution in [1.82, 2.24) is 9.97 Å². The molecule has 1 heterocycles. The molecule has 0 aromatic carbocycles. The van der Waals surface area contributed by atoms with Crippen molar-refractivity contribution < 1.29 is 0 Å². The number of nitrogens with one attached hydrogen (secondary N) is 1. The lowest BCUT2D eigenvalue weighted by Crippen LogP contribution is -2.44. The van der Waals surface area contributed by atoms with Gasteiger partial charge in [0.2, 0.25) is 0 Å². The van der Waals surface area contributed by atoms with Crippen LogP contribution in [0, 0.1) is 0 Å². The fourth-order valence-electron chi connectivity index (χ4n) is 1.97. The van der Waals surface area contributed by atoms with E-state index in [1.807, 2.05) is 24.4 Å². The summed E-state index contributed by atoms with van der Waals surface area (Å²) in [5, 5.41) is 0. The van der Waals surface area contributed by atoms with Gasteiger partial charge < -0.3 is 10.7 Å². The molecule has 1 aliphatic carbocycles. The monoisotopic (exact) mass is 189 g/mol. The lowest BCUT2D eigenvalue weighted by Gasteiger charge is -2.33. The summed E-state index contributed by atoms with van der Waals surface area (Å²) >= 11 is 0. The van der Waals surface area contributed by atoms with Crippen LogP contribution in [-0.4, -0.2) is 16.0 Å². The number of allylic oxidation sites excluding steroid dienone is 2. The van der Waals surface area contributed by atoms with Gasteiger partial charge in [-0.2, -0.15) is 0 Å². The van der Waals surface area contributed by atoms with Gasteiger partial charge in [0.15, 0.2) is 0 Å². The molecule has 0 spiro atoms. The summed E-state index contributed by atoms with van der Waals surface area (Å²) in [6.07, 6.45) is 12.7. The Labute approximate surface area is 83.7 Å². The van der Waals surface area contributed by atoms with Gasteiger partial charge in [-0.05, 0) is 6.42 Å². The van der Waals surface area contributed by atoms with Crippen LogP contribution in [0.1, 0.15) is 19.2 Å². The van der Waals surface area contributed by atoms with Crippen LogP contribution >= 0.6 is 0 Å². The molecule has 1 aliphatic rings. The van der Waals surface area contributed by atoms with E-state index in [4.69, 9.17) is 5.73 Å². The lowest BCUT2D eigenvalue weighted by atomic mass is 9.75. The molecule has 1 aromatic heterocycles. The van der Waals surface area contributed by atoms with E-state index in [9.17, 15) is 0 Å². The maximum Gasteiger partial charge on any atom is 0.118 e. The zero-order chi connectivity index (χ0) is 10.0. The molecule has 0 saturated heterocycles. The molecule has 2 atom stereocenters. The molecule has 3 heteroatoms. The van der Waals surface area contributed by atoms with Crippen LogP contribution in [0.15, 0.2) is 36.7 Å². The fourth-order valence-corrected chi connectivity index (χ4v) is 1.97. The van der Waals surface area contributed by atoms with E-state index in [-0.39, 0.29) is 11.5 Å². The standard InChI is InChI=1S/C11H15N3/c1-2-11(10-13-7-8-14-10)6-4-3-5-9(11)12/h3-9H,2,12H2,1H3,(H,13,14). The Hall–Kier alpha value is -1.35. The van der Waals surface area contributed by atoms with Gasteiger partial charge in [-0.3, -0.25) is 0 Å². The van der Waals surface area contributed by atoms with Crippen LogP contribution < -0.4 is 5.73 Å². The van der Waals surface area contributed by atoms with E-state index >= 15 is 0 Å². The Balaban J connectivity index is 2.44. The van der Waals surface area contributed by atoms with Gasteiger partial charge in [0.25, 0.3) is 0 Å². The molecular formula is C11H15N3. The second-order valence-electron chi connectivity index (χ2n) is 3.60. The number of nitrogens with two attached hydrogens (primary N) is 1. The summed E-state index contributed by atoms with van der Waals surface area (Å²) in [6, 6.07) is 0.00338. The third-order valence-corrected chi connectivity index (χ3v) is 2.94. The summed E-state index contributed by atoms with van der Waals surface area (Å²) in [6.45, 7) is 2.13. The van der Waals surface area contributed by atoms with Gasteiger partial charge in [0.05, 0.1) is 5.41 Å². The van der Waals surface area contributed by atoms with Crippen molar-refractivity contribution in [2.24, 2.45) is 5.73 Å². The quantitative estimate of drug-likeness (QED) is 0.741. The summed E-state index contributed by atoms with van der Waals surface area (Å²) in [7, 11) is 0. The van der Waals surface area contributed by atoms with E-state index in [1.165, 1.54) is 0 Å². The minimum Gasteiger partial charge on any atom is -0.348 e. The van der Waals surface area contributed by atoms with Gasteiger partial charge in [-0.1, -0.05) is 31.2 Å². The second-order valence-corrected chi connectivity index (χ2v) is 3.60. The molecule has 3 N–H and O–H groups in total. The second kappa shape index (κ2) is 3.42. The first-order valence-corrected chi connectivity index (χ1v) is 4.91. The van der Waals surface area contributed by atoms with Gasteiger partial charge in [0, 0.05) is 18.4 Å². The average molecular weight is 189 g/mol. The molecule has 2 unspecified atom stereocenters.